The van der Waals surface area contributed by atoms with Crippen molar-refractivity contribution in [3.63, 3.8) is 0 Å². The SMILES string of the molecule is COc1ccc(S(=O)(=O)N2CCN(CC(=O)Nc3ccccc3S(C)(=O)=O)CC2)cc1OC. The lowest BCUT2D eigenvalue weighted by Gasteiger charge is -2.33. The van der Waals surface area contributed by atoms with Gasteiger partial charge in [0.1, 0.15) is 0 Å². The summed E-state index contributed by atoms with van der Waals surface area (Å²) in [5.41, 5.74) is 0.222. The van der Waals surface area contributed by atoms with E-state index in [4.69, 9.17) is 9.47 Å². The van der Waals surface area contributed by atoms with E-state index in [-0.39, 0.29) is 41.0 Å². The molecule has 1 saturated heterocycles. The van der Waals surface area contributed by atoms with Crippen molar-refractivity contribution < 1.29 is 31.1 Å². The summed E-state index contributed by atoms with van der Waals surface area (Å²) >= 11 is 0. The Bertz CT molecular complexity index is 1220. The summed E-state index contributed by atoms with van der Waals surface area (Å²) in [6, 6.07) is 10.6. The van der Waals surface area contributed by atoms with E-state index in [1.54, 1.807) is 18.2 Å². The monoisotopic (exact) mass is 497 g/mol. The zero-order chi connectivity index (χ0) is 24.2. The lowest BCUT2D eigenvalue weighted by atomic mass is 10.3. The van der Waals surface area contributed by atoms with E-state index in [9.17, 15) is 21.6 Å². The molecule has 2 aromatic carbocycles. The van der Waals surface area contributed by atoms with E-state index in [0.717, 1.165) is 6.26 Å². The summed E-state index contributed by atoms with van der Waals surface area (Å²) in [4.78, 5) is 14.5. The summed E-state index contributed by atoms with van der Waals surface area (Å²) in [7, 11) is -4.32. The third kappa shape index (κ3) is 5.82. The minimum atomic E-state index is -3.74. The molecule has 10 nitrogen and oxygen atoms in total. The molecule has 0 aliphatic carbocycles. The number of hydrogen-bond donors (Lipinski definition) is 1. The quantitative estimate of drug-likeness (QED) is 0.574. The molecule has 12 heteroatoms. The van der Waals surface area contributed by atoms with E-state index in [0.29, 0.717) is 24.6 Å². The highest BCUT2D eigenvalue weighted by Crippen LogP contribution is 2.31. The maximum absolute atomic E-state index is 13.0. The number of sulfonamides is 1. The number of hydrogen-bond acceptors (Lipinski definition) is 8. The number of nitrogens with one attached hydrogen (secondary N) is 1. The first-order valence-corrected chi connectivity index (χ1v) is 13.4. The Labute approximate surface area is 194 Å². The average Bonchev–Trinajstić information content (AvgIpc) is 2.78. The maximum Gasteiger partial charge on any atom is 0.243 e. The molecule has 0 atom stereocenters. The van der Waals surface area contributed by atoms with Crippen molar-refractivity contribution >= 4 is 31.5 Å². The highest BCUT2D eigenvalue weighted by atomic mass is 32.2. The minimum absolute atomic E-state index is 0.0162. The van der Waals surface area contributed by atoms with Gasteiger partial charge in [-0.05, 0) is 24.3 Å². The Morgan fingerprint density at radius 2 is 1.58 bits per heavy atom. The molecule has 0 bridgehead atoms. The second-order valence-electron chi connectivity index (χ2n) is 7.51. The van der Waals surface area contributed by atoms with E-state index in [1.165, 1.54) is 42.8 Å². The third-order valence-electron chi connectivity index (χ3n) is 5.25. The van der Waals surface area contributed by atoms with Gasteiger partial charge in [-0.25, -0.2) is 16.8 Å². The highest BCUT2D eigenvalue weighted by molar-refractivity contribution is 7.91. The van der Waals surface area contributed by atoms with Gasteiger partial charge in [0.2, 0.25) is 15.9 Å². The zero-order valence-corrected chi connectivity index (χ0v) is 20.3. The number of benzene rings is 2. The summed E-state index contributed by atoms with van der Waals surface area (Å²) in [5.74, 6) is 0.385. The molecule has 33 heavy (non-hydrogen) atoms. The van der Waals surface area contributed by atoms with Crippen LogP contribution in [-0.2, 0) is 24.7 Å². The number of amides is 1. The zero-order valence-electron chi connectivity index (χ0n) is 18.6. The van der Waals surface area contributed by atoms with Crippen molar-refractivity contribution in [2.45, 2.75) is 9.79 Å². The molecule has 0 unspecified atom stereocenters. The van der Waals surface area contributed by atoms with Crippen molar-refractivity contribution in [3.8, 4) is 11.5 Å². The van der Waals surface area contributed by atoms with Gasteiger partial charge in [-0.1, -0.05) is 12.1 Å². The first-order valence-electron chi connectivity index (χ1n) is 10.1. The van der Waals surface area contributed by atoms with Crippen LogP contribution in [0, 0.1) is 0 Å². The fourth-order valence-corrected chi connectivity index (χ4v) is 5.82. The second kappa shape index (κ2) is 10.1. The van der Waals surface area contributed by atoms with Crippen LogP contribution in [-0.4, -0.2) is 85.1 Å². The fraction of sp³-hybridized carbons (Fsp3) is 0.381. The highest BCUT2D eigenvalue weighted by Gasteiger charge is 2.30. The normalized spacial score (nSPS) is 15.7. The predicted molar refractivity (Wildman–Crippen MR) is 123 cm³/mol. The lowest BCUT2D eigenvalue weighted by molar-refractivity contribution is -0.117. The Hall–Kier alpha value is -2.67. The molecule has 0 saturated carbocycles. The summed E-state index contributed by atoms with van der Waals surface area (Å²) < 4.78 is 61.6. The molecule has 1 amide bonds. The molecular formula is C21H27N3O7S2. The summed E-state index contributed by atoms with van der Waals surface area (Å²) in [6.45, 7) is 1.15. The number of anilines is 1. The largest absolute Gasteiger partial charge is 0.493 e. The van der Waals surface area contributed by atoms with Crippen LogP contribution in [0.2, 0.25) is 0 Å². The molecule has 1 heterocycles. The van der Waals surface area contributed by atoms with Crippen LogP contribution >= 0.6 is 0 Å². The topological polar surface area (TPSA) is 122 Å². The van der Waals surface area contributed by atoms with Gasteiger partial charge in [-0.2, -0.15) is 4.31 Å². The number of para-hydroxylation sites is 1. The number of carbonyl (C=O) groups excluding carboxylic acids is 1. The third-order valence-corrected chi connectivity index (χ3v) is 8.30. The number of sulfone groups is 1. The standard InChI is InChI=1S/C21H27N3O7S2/c1-30-18-9-8-16(14-19(18)31-2)33(28,29)24-12-10-23(11-13-24)15-21(25)22-17-6-4-5-7-20(17)32(3,26)27/h4-9,14H,10-13,15H2,1-3H3,(H,22,25). The molecule has 1 aliphatic rings. The summed E-state index contributed by atoms with van der Waals surface area (Å²) in [5, 5.41) is 2.64. The van der Waals surface area contributed by atoms with Gasteiger partial charge in [0, 0.05) is 38.5 Å². The Kier molecular flexibility index (Phi) is 7.62. The van der Waals surface area contributed by atoms with E-state index in [1.807, 2.05) is 4.90 Å². The molecule has 0 spiro atoms. The van der Waals surface area contributed by atoms with Gasteiger partial charge in [0.05, 0.1) is 36.2 Å². The van der Waals surface area contributed by atoms with Crippen LogP contribution in [0.25, 0.3) is 0 Å². The van der Waals surface area contributed by atoms with Gasteiger partial charge < -0.3 is 14.8 Å². The summed E-state index contributed by atoms with van der Waals surface area (Å²) in [6.07, 6.45) is 1.08. The number of nitrogens with zero attached hydrogens (tertiary/aromatic N) is 2. The number of ether oxygens (including phenoxy) is 2. The van der Waals surface area contributed by atoms with Crippen LogP contribution < -0.4 is 14.8 Å². The van der Waals surface area contributed by atoms with Crippen LogP contribution in [0.1, 0.15) is 0 Å². The van der Waals surface area contributed by atoms with Crippen LogP contribution in [0.3, 0.4) is 0 Å². The number of carbonyl (C=O) groups is 1. The number of rotatable bonds is 8. The molecule has 1 aliphatic heterocycles. The van der Waals surface area contributed by atoms with Crippen molar-refractivity contribution in [2.24, 2.45) is 0 Å². The molecule has 2 aromatic rings. The molecular weight excluding hydrogens is 470 g/mol. The van der Waals surface area contributed by atoms with E-state index < -0.39 is 19.9 Å². The van der Waals surface area contributed by atoms with Crippen LogP contribution in [0.15, 0.2) is 52.3 Å². The lowest BCUT2D eigenvalue weighted by Crippen LogP contribution is -2.50. The molecule has 3 rings (SSSR count). The molecule has 1 N–H and O–H groups in total. The predicted octanol–water partition coefficient (Wildman–Crippen LogP) is 1.05. The molecule has 180 valence electrons. The maximum atomic E-state index is 13.0. The Balaban J connectivity index is 1.62. The first-order chi connectivity index (χ1) is 15.6. The van der Waals surface area contributed by atoms with Crippen molar-refractivity contribution in [1.29, 1.82) is 0 Å². The van der Waals surface area contributed by atoms with E-state index in [2.05, 4.69) is 5.32 Å². The minimum Gasteiger partial charge on any atom is -0.493 e. The molecule has 0 radical (unpaired) electrons. The molecule has 0 aromatic heterocycles. The van der Waals surface area contributed by atoms with Crippen molar-refractivity contribution in [2.75, 3.05) is 58.5 Å². The fourth-order valence-electron chi connectivity index (χ4n) is 3.54. The molecule has 1 fully saturated rings. The van der Waals surface area contributed by atoms with Gasteiger partial charge >= 0.3 is 0 Å². The van der Waals surface area contributed by atoms with Gasteiger partial charge in [0.25, 0.3) is 0 Å². The smallest absolute Gasteiger partial charge is 0.243 e. The Morgan fingerprint density at radius 1 is 0.939 bits per heavy atom. The van der Waals surface area contributed by atoms with Crippen LogP contribution in [0.4, 0.5) is 5.69 Å². The number of methoxy groups -OCH3 is 2. The van der Waals surface area contributed by atoms with Gasteiger partial charge in [-0.15, -0.1) is 0 Å². The second-order valence-corrected chi connectivity index (χ2v) is 11.4. The first kappa shape index (κ1) is 25.0. The number of piperazine rings is 1. The van der Waals surface area contributed by atoms with Crippen LogP contribution in [0.5, 0.6) is 11.5 Å². The average molecular weight is 498 g/mol. The van der Waals surface area contributed by atoms with Gasteiger partial charge in [-0.3, -0.25) is 9.69 Å². The Morgan fingerprint density at radius 3 is 2.18 bits per heavy atom. The van der Waals surface area contributed by atoms with Gasteiger partial charge in [0.15, 0.2) is 21.3 Å². The van der Waals surface area contributed by atoms with Crippen molar-refractivity contribution in [1.82, 2.24) is 9.21 Å². The van der Waals surface area contributed by atoms with Crippen molar-refractivity contribution in [3.05, 3.63) is 42.5 Å². The van der Waals surface area contributed by atoms with E-state index >= 15 is 0 Å².